The van der Waals surface area contributed by atoms with Gasteiger partial charge in [-0.2, -0.15) is 5.26 Å². The summed E-state index contributed by atoms with van der Waals surface area (Å²) in [6, 6.07) is 4.09. The number of aromatic nitrogens is 1. The molecule has 0 aromatic carbocycles. The topological polar surface area (TPSA) is 77.2 Å². The lowest BCUT2D eigenvalue weighted by molar-refractivity contribution is -0.148. The molecule has 0 amide bonds. The lowest BCUT2D eigenvalue weighted by Gasteiger charge is -2.25. The highest BCUT2D eigenvalue weighted by Gasteiger charge is 2.44. The first-order valence-electron chi connectivity index (χ1n) is 7.30. The number of carbonyl (C=O) groups is 1. The molecule has 112 valence electrons. The van der Waals surface area contributed by atoms with E-state index in [0.717, 1.165) is 17.7 Å². The zero-order chi connectivity index (χ0) is 15.6. The smallest absolute Gasteiger partial charge is 0.311 e. The van der Waals surface area contributed by atoms with Gasteiger partial charge in [-0.1, -0.05) is 13.3 Å². The number of carboxylic acids is 1. The minimum atomic E-state index is -0.741. The minimum Gasteiger partial charge on any atom is -0.481 e. The van der Waals surface area contributed by atoms with Crippen molar-refractivity contribution >= 4 is 11.8 Å². The number of nitriles is 1. The Hall–Kier alpha value is -2.09. The summed E-state index contributed by atoms with van der Waals surface area (Å²) >= 11 is 0. The van der Waals surface area contributed by atoms with Crippen molar-refractivity contribution in [3.63, 3.8) is 0 Å². The molecular formula is C16H21N3O2. The van der Waals surface area contributed by atoms with Crippen LogP contribution in [0.3, 0.4) is 0 Å². The van der Waals surface area contributed by atoms with E-state index in [2.05, 4.69) is 11.1 Å². The number of aliphatic carboxylic acids is 1. The number of hydrogen-bond donors (Lipinski definition) is 1. The predicted molar refractivity (Wildman–Crippen MR) is 80.2 cm³/mol. The van der Waals surface area contributed by atoms with Crippen molar-refractivity contribution in [2.24, 2.45) is 5.41 Å². The molecule has 0 bridgehead atoms. The summed E-state index contributed by atoms with van der Waals surface area (Å²) in [5, 5.41) is 18.9. The number of aryl methyl sites for hydroxylation is 2. The summed E-state index contributed by atoms with van der Waals surface area (Å²) in [6.07, 6.45) is 2.10. The summed E-state index contributed by atoms with van der Waals surface area (Å²) in [7, 11) is 0. The average molecular weight is 287 g/mol. The van der Waals surface area contributed by atoms with Crippen molar-refractivity contribution < 1.29 is 9.90 Å². The third kappa shape index (κ3) is 2.71. The second kappa shape index (κ2) is 5.72. The number of anilines is 1. The van der Waals surface area contributed by atoms with E-state index in [-0.39, 0.29) is 0 Å². The molecule has 1 fully saturated rings. The van der Waals surface area contributed by atoms with Gasteiger partial charge in [0.05, 0.1) is 11.0 Å². The summed E-state index contributed by atoms with van der Waals surface area (Å²) in [4.78, 5) is 18.1. The molecule has 1 saturated heterocycles. The Morgan fingerprint density at radius 3 is 2.86 bits per heavy atom. The van der Waals surface area contributed by atoms with Crippen LogP contribution >= 0.6 is 0 Å². The first kappa shape index (κ1) is 15.3. The Bertz CT molecular complexity index is 606. The van der Waals surface area contributed by atoms with Gasteiger partial charge >= 0.3 is 5.97 Å². The second-order valence-corrected chi connectivity index (χ2v) is 5.90. The van der Waals surface area contributed by atoms with Crippen LogP contribution in [-0.4, -0.2) is 29.1 Å². The normalized spacial score (nSPS) is 21.3. The zero-order valence-electron chi connectivity index (χ0n) is 12.8. The number of carboxylic acid groups (broad SMARTS) is 1. The monoisotopic (exact) mass is 287 g/mol. The van der Waals surface area contributed by atoms with Gasteiger partial charge in [-0.15, -0.1) is 0 Å². The zero-order valence-corrected chi connectivity index (χ0v) is 12.8. The van der Waals surface area contributed by atoms with Gasteiger partial charge < -0.3 is 10.0 Å². The maximum absolute atomic E-state index is 11.7. The fourth-order valence-electron chi connectivity index (χ4n) is 3.20. The second-order valence-electron chi connectivity index (χ2n) is 5.90. The van der Waals surface area contributed by atoms with Crippen molar-refractivity contribution in [3.8, 4) is 6.07 Å². The molecule has 21 heavy (non-hydrogen) atoms. The average Bonchev–Trinajstić information content (AvgIpc) is 2.84. The van der Waals surface area contributed by atoms with Gasteiger partial charge in [-0.05, 0) is 38.3 Å². The fourth-order valence-corrected chi connectivity index (χ4v) is 3.20. The van der Waals surface area contributed by atoms with Gasteiger partial charge in [-0.25, -0.2) is 4.98 Å². The van der Waals surface area contributed by atoms with Gasteiger partial charge in [-0.3, -0.25) is 4.79 Å². The van der Waals surface area contributed by atoms with Crippen LogP contribution in [0.5, 0.6) is 0 Å². The highest BCUT2D eigenvalue weighted by atomic mass is 16.4. The van der Waals surface area contributed by atoms with E-state index in [1.165, 1.54) is 0 Å². The van der Waals surface area contributed by atoms with Crippen LogP contribution in [0.1, 0.15) is 43.0 Å². The van der Waals surface area contributed by atoms with Crippen molar-refractivity contribution in [3.05, 3.63) is 22.9 Å². The van der Waals surface area contributed by atoms with Gasteiger partial charge in [0.1, 0.15) is 11.9 Å². The molecule has 0 aliphatic carbocycles. The van der Waals surface area contributed by atoms with Crippen LogP contribution in [-0.2, 0) is 4.79 Å². The van der Waals surface area contributed by atoms with E-state index in [9.17, 15) is 15.2 Å². The Kier molecular flexibility index (Phi) is 4.17. The maximum Gasteiger partial charge on any atom is 0.311 e. The molecule has 5 nitrogen and oxygen atoms in total. The summed E-state index contributed by atoms with van der Waals surface area (Å²) in [5.41, 5.74) is 1.59. The molecule has 0 radical (unpaired) electrons. The van der Waals surface area contributed by atoms with E-state index in [0.29, 0.717) is 37.3 Å². The van der Waals surface area contributed by atoms with E-state index < -0.39 is 11.4 Å². The molecule has 1 aromatic heterocycles. The molecule has 1 aromatic rings. The third-order valence-corrected chi connectivity index (χ3v) is 4.27. The lowest BCUT2D eigenvalue weighted by atomic mass is 9.83. The third-order valence-electron chi connectivity index (χ3n) is 4.27. The van der Waals surface area contributed by atoms with Crippen LogP contribution in [0.4, 0.5) is 5.82 Å². The molecule has 1 atom stereocenters. The SMILES string of the molecule is CCCC1(C(=O)O)CCN(c2nc(C)cc(C)c2C#N)C1. The van der Waals surface area contributed by atoms with E-state index in [1.807, 2.05) is 31.7 Å². The molecule has 1 aliphatic rings. The Morgan fingerprint density at radius 2 is 2.29 bits per heavy atom. The summed E-state index contributed by atoms with van der Waals surface area (Å²) < 4.78 is 0. The fraction of sp³-hybridized carbons (Fsp3) is 0.562. The van der Waals surface area contributed by atoms with Gasteiger partial charge in [0, 0.05) is 18.8 Å². The molecular weight excluding hydrogens is 266 g/mol. The van der Waals surface area contributed by atoms with Crippen LogP contribution in [0, 0.1) is 30.6 Å². The van der Waals surface area contributed by atoms with Crippen LogP contribution in [0.2, 0.25) is 0 Å². The summed E-state index contributed by atoms with van der Waals surface area (Å²) in [6.45, 7) is 6.86. The minimum absolute atomic E-state index is 0.431. The molecule has 0 spiro atoms. The molecule has 1 N–H and O–H groups in total. The number of nitrogens with zero attached hydrogens (tertiary/aromatic N) is 3. The number of rotatable bonds is 4. The van der Waals surface area contributed by atoms with E-state index in [4.69, 9.17) is 0 Å². The van der Waals surface area contributed by atoms with Gasteiger partial charge in [0.25, 0.3) is 0 Å². The highest BCUT2D eigenvalue weighted by molar-refractivity contribution is 5.77. The Labute approximate surface area is 125 Å². The molecule has 1 unspecified atom stereocenters. The predicted octanol–water partition coefficient (Wildman–Crippen LogP) is 2.65. The van der Waals surface area contributed by atoms with Crippen molar-refractivity contribution in [1.29, 1.82) is 5.26 Å². The first-order valence-corrected chi connectivity index (χ1v) is 7.30. The van der Waals surface area contributed by atoms with Crippen LogP contribution < -0.4 is 4.90 Å². The maximum atomic E-state index is 11.7. The van der Waals surface area contributed by atoms with E-state index in [1.54, 1.807) is 0 Å². The van der Waals surface area contributed by atoms with Crippen molar-refractivity contribution in [2.75, 3.05) is 18.0 Å². The lowest BCUT2D eigenvalue weighted by Crippen LogP contribution is -2.35. The Balaban J connectivity index is 2.38. The molecule has 2 rings (SSSR count). The van der Waals surface area contributed by atoms with Gasteiger partial charge in [0.15, 0.2) is 0 Å². The number of pyridine rings is 1. The standard InChI is InChI=1S/C16H21N3O2/c1-4-5-16(15(20)21)6-7-19(10-16)14-13(9-17)11(2)8-12(3)18-14/h8H,4-7,10H2,1-3H3,(H,20,21). The molecule has 5 heteroatoms. The van der Waals surface area contributed by atoms with Crippen LogP contribution in [0.15, 0.2) is 6.07 Å². The molecule has 2 heterocycles. The molecule has 0 saturated carbocycles. The summed E-state index contributed by atoms with van der Waals surface area (Å²) in [5.74, 6) is -0.107. The largest absolute Gasteiger partial charge is 0.481 e. The first-order chi connectivity index (χ1) is 9.93. The highest BCUT2D eigenvalue weighted by Crippen LogP contribution is 2.38. The Morgan fingerprint density at radius 1 is 1.57 bits per heavy atom. The van der Waals surface area contributed by atoms with Gasteiger partial charge in [0.2, 0.25) is 0 Å². The van der Waals surface area contributed by atoms with Crippen molar-refractivity contribution in [1.82, 2.24) is 4.98 Å². The number of hydrogen-bond acceptors (Lipinski definition) is 4. The van der Waals surface area contributed by atoms with Crippen molar-refractivity contribution in [2.45, 2.75) is 40.0 Å². The quantitative estimate of drug-likeness (QED) is 0.921. The van der Waals surface area contributed by atoms with Crippen LogP contribution in [0.25, 0.3) is 0 Å². The molecule has 1 aliphatic heterocycles. The van der Waals surface area contributed by atoms with E-state index >= 15 is 0 Å².